The molecule has 6 nitrogen and oxygen atoms in total. The van der Waals surface area contributed by atoms with Crippen LogP contribution in [0.1, 0.15) is 80.7 Å². The van der Waals surface area contributed by atoms with E-state index in [0.29, 0.717) is 6.42 Å². The van der Waals surface area contributed by atoms with Crippen LogP contribution in [-0.4, -0.2) is 34.5 Å². The highest BCUT2D eigenvalue weighted by atomic mass is 16.4. The SMILES string of the molecule is CC(N)C(=O)O.Cc1ccc(C=O)cc1CCc1cccc(-c2ccccc2)c1C.Cc1ccc(CCC(C)C(=O)O)cc1CCc1cccc(-c2ccccc2)c1C. The summed E-state index contributed by atoms with van der Waals surface area (Å²) in [5.41, 5.74) is 22.5. The standard InChI is InChI=1S/C27H30O2.C23H22O.C3H7NO2/c1-19-12-14-22(15-13-20(2)27(28)29)18-25(19)17-16-23-10-7-11-26(21(23)3)24-8-5-4-6-9-24;1-17-11-12-19(16-24)15-22(17)14-13-20-9-6-10-23(18(20)2)21-7-4-3-5-8-21;1-2(4)3(5)6/h4-12,14,18,20H,13,15-17H2,1-3H3,(H,28,29);3-12,15-16H,13-14H2,1-2H3;2H,4H2,1H3,(H,5,6). The number of benzene rings is 6. The highest BCUT2D eigenvalue weighted by molar-refractivity contribution is 5.75. The van der Waals surface area contributed by atoms with Gasteiger partial charge in [-0.1, -0.05) is 134 Å². The van der Waals surface area contributed by atoms with Crippen LogP contribution in [0.15, 0.2) is 133 Å². The molecule has 6 aromatic carbocycles. The molecular formula is C53H59NO5. The van der Waals surface area contributed by atoms with Gasteiger partial charge in [-0.2, -0.15) is 0 Å². The number of carboxylic acids is 2. The normalized spacial score (nSPS) is 11.6. The van der Waals surface area contributed by atoms with E-state index in [1.54, 1.807) is 6.92 Å². The van der Waals surface area contributed by atoms with Gasteiger partial charge >= 0.3 is 11.9 Å². The number of carbonyl (C=O) groups excluding carboxylic acids is 1. The molecular weight excluding hydrogens is 731 g/mol. The fourth-order valence-electron chi connectivity index (χ4n) is 7.00. The molecule has 306 valence electrons. The zero-order valence-electron chi connectivity index (χ0n) is 35.4. The van der Waals surface area contributed by atoms with Crippen molar-refractivity contribution in [3.8, 4) is 22.3 Å². The molecule has 0 saturated carbocycles. The summed E-state index contributed by atoms with van der Waals surface area (Å²) >= 11 is 0. The van der Waals surface area contributed by atoms with E-state index in [0.717, 1.165) is 44.0 Å². The second kappa shape index (κ2) is 22.7. The molecule has 0 radical (unpaired) electrons. The van der Waals surface area contributed by atoms with Crippen LogP contribution in [0.25, 0.3) is 22.3 Å². The predicted octanol–water partition coefficient (Wildman–Crippen LogP) is 11.4. The molecule has 2 unspecified atom stereocenters. The summed E-state index contributed by atoms with van der Waals surface area (Å²) in [6, 6.07) is 46.0. The molecule has 6 aromatic rings. The molecule has 0 spiro atoms. The number of hydrogen-bond acceptors (Lipinski definition) is 4. The molecule has 6 heteroatoms. The minimum atomic E-state index is -0.963. The van der Waals surface area contributed by atoms with Crippen LogP contribution in [0.5, 0.6) is 0 Å². The van der Waals surface area contributed by atoms with E-state index in [1.807, 2.05) is 24.3 Å². The van der Waals surface area contributed by atoms with Crippen molar-refractivity contribution in [3.05, 3.63) is 189 Å². The van der Waals surface area contributed by atoms with Crippen molar-refractivity contribution in [2.24, 2.45) is 11.7 Å². The van der Waals surface area contributed by atoms with Crippen molar-refractivity contribution in [2.75, 3.05) is 0 Å². The Labute approximate surface area is 350 Å². The summed E-state index contributed by atoms with van der Waals surface area (Å²) in [4.78, 5) is 31.6. The Morgan fingerprint density at radius 1 is 0.542 bits per heavy atom. The summed E-state index contributed by atoms with van der Waals surface area (Å²) in [6.45, 7) is 11.9. The van der Waals surface area contributed by atoms with Gasteiger partial charge in [0, 0.05) is 5.56 Å². The first-order chi connectivity index (χ1) is 28.3. The first kappa shape index (κ1) is 45.6. The van der Waals surface area contributed by atoms with Gasteiger partial charge in [0.25, 0.3) is 0 Å². The Hall–Kier alpha value is -6.11. The number of nitrogens with two attached hydrogens (primary N) is 1. The minimum Gasteiger partial charge on any atom is -0.481 e. The average molecular weight is 790 g/mol. The summed E-state index contributed by atoms with van der Waals surface area (Å²) in [5.74, 6) is -1.98. The second-order valence-electron chi connectivity index (χ2n) is 15.4. The van der Waals surface area contributed by atoms with Crippen molar-refractivity contribution in [2.45, 2.75) is 86.1 Å². The van der Waals surface area contributed by atoms with Crippen LogP contribution in [0.4, 0.5) is 0 Å². The Morgan fingerprint density at radius 3 is 1.42 bits per heavy atom. The van der Waals surface area contributed by atoms with Crippen LogP contribution in [0.3, 0.4) is 0 Å². The van der Waals surface area contributed by atoms with Crippen molar-refractivity contribution in [1.82, 2.24) is 0 Å². The third kappa shape index (κ3) is 13.8. The fourth-order valence-corrected chi connectivity index (χ4v) is 7.00. The molecule has 0 aliphatic heterocycles. The van der Waals surface area contributed by atoms with Gasteiger partial charge in [-0.15, -0.1) is 0 Å². The topological polar surface area (TPSA) is 118 Å². The summed E-state index contributed by atoms with van der Waals surface area (Å²) in [5, 5.41) is 17.0. The summed E-state index contributed by atoms with van der Waals surface area (Å²) in [7, 11) is 0. The van der Waals surface area contributed by atoms with Crippen molar-refractivity contribution in [3.63, 3.8) is 0 Å². The van der Waals surface area contributed by atoms with E-state index in [1.165, 1.54) is 79.2 Å². The van der Waals surface area contributed by atoms with E-state index >= 15 is 0 Å². The maximum atomic E-state index is 11.1. The third-order valence-corrected chi connectivity index (χ3v) is 11.0. The van der Waals surface area contributed by atoms with Crippen LogP contribution in [0.2, 0.25) is 0 Å². The largest absolute Gasteiger partial charge is 0.481 e. The lowest BCUT2D eigenvalue weighted by atomic mass is 9.91. The summed E-state index contributed by atoms with van der Waals surface area (Å²) in [6.07, 6.45) is 6.33. The molecule has 0 bridgehead atoms. The first-order valence-electron chi connectivity index (χ1n) is 20.4. The smallest absolute Gasteiger partial charge is 0.320 e. The monoisotopic (exact) mass is 789 g/mol. The van der Waals surface area contributed by atoms with E-state index in [4.69, 9.17) is 15.9 Å². The van der Waals surface area contributed by atoms with Gasteiger partial charge in [0.1, 0.15) is 12.3 Å². The quantitative estimate of drug-likeness (QED) is 0.0946. The van der Waals surface area contributed by atoms with E-state index in [2.05, 4.69) is 137 Å². The molecule has 0 fully saturated rings. The number of aryl methyl sites for hydroxylation is 7. The highest BCUT2D eigenvalue weighted by Crippen LogP contribution is 2.28. The Balaban J connectivity index is 0.000000232. The van der Waals surface area contributed by atoms with E-state index in [-0.39, 0.29) is 5.92 Å². The zero-order valence-corrected chi connectivity index (χ0v) is 35.4. The van der Waals surface area contributed by atoms with Crippen LogP contribution in [0, 0.1) is 33.6 Å². The zero-order chi connectivity index (χ0) is 42.9. The summed E-state index contributed by atoms with van der Waals surface area (Å²) < 4.78 is 0. The lowest BCUT2D eigenvalue weighted by molar-refractivity contribution is -0.141. The maximum Gasteiger partial charge on any atom is 0.320 e. The molecule has 6 rings (SSSR count). The van der Waals surface area contributed by atoms with Gasteiger partial charge in [0.05, 0.1) is 5.92 Å². The van der Waals surface area contributed by atoms with Gasteiger partial charge in [-0.05, 0) is 152 Å². The predicted molar refractivity (Wildman–Crippen MR) is 242 cm³/mol. The number of rotatable bonds is 14. The Kier molecular flexibility index (Phi) is 17.6. The first-order valence-corrected chi connectivity index (χ1v) is 20.4. The van der Waals surface area contributed by atoms with E-state index < -0.39 is 18.0 Å². The second-order valence-corrected chi connectivity index (χ2v) is 15.4. The van der Waals surface area contributed by atoms with Crippen molar-refractivity contribution in [1.29, 1.82) is 0 Å². The van der Waals surface area contributed by atoms with Gasteiger partial charge in [-0.25, -0.2) is 0 Å². The van der Waals surface area contributed by atoms with Gasteiger partial charge in [-0.3, -0.25) is 14.4 Å². The average Bonchev–Trinajstić information content (AvgIpc) is 3.24. The third-order valence-electron chi connectivity index (χ3n) is 11.0. The molecule has 0 aliphatic rings. The molecule has 4 N–H and O–H groups in total. The molecule has 0 aromatic heterocycles. The van der Waals surface area contributed by atoms with E-state index in [9.17, 15) is 14.4 Å². The van der Waals surface area contributed by atoms with Gasteiger partial charge in [0.15, 0.2) is 0 Å². The van der Waals surface area contributed by atoms with Crippen LogP contribution < -0.4 is 5.73 Å². The Morgan fingerprint density at radius 2 is 0.983 bits per heavy atom. The number of aliphatic carboxylic acids is 2. The minimum absolute atomic E-state index is 0.303. The molecule has 0 aliphatic carbocycles. The number of aldehydes is 1. The van der Waals surface area contributed by atoms with Crippen molar-refractivity contribution < 1.29 is 24.6 Å². The number of carboxylic acid groups (broad SMARTS) is 2. The van der Waals surface area contributed by atoms with Gasteiger partial charge < -0.3 is 15.9 Å². The molecule has 0 saturated heterocycles. The molecule has 0 amide bonds. The molecule has 2 atom stereocenters. The van der Waals surface area contributed by atoms with Crippen molar-refractivity contribution >= 4 is 18.2 Å². The van der Waals surface area contributed by atoms with Crippen LogP contribution in [-0.2, 0) is 41.7 Å². The van der Waals surface area contributed by atoms with Crippen LogP contribution >= 0.6 is 0 Å². The number of carbonyl (C=O) groups is 3. The lowest BCUT2D eigenvalue weighted by Crippen LogP contribution is -2.25. The Bertz CT molecular complexity index is 2300. The number of hydrogen-bond donors (Lipinski definition) is 3. The molecule has 0 heterocycles. The maximum absolute atomic E-state index is 11.1. The highest BCUT2D eigenvalue weighted by Gasteiger charge is 2.12. The fraction of sp³-hybridized carbons (Fsp3) is 0.264. The molecule has 59 heavy (non-hydrogen) atoms. The lowest BCUT2D eigenvalue weighted by Gasteiger charge is -2.14. The van der Waals surface area contributed by atoms with Gasteiger partial charge in [0.2, 0.25) is 0 Å².